The Balaban J connectivity index is 2.14. The fourth-order valence-electron chi connectivity index (χ4n) is 2.08. The number of ether oxygens (including phenoxy) is 1. The lowest BCUT2D eigenvalue weighted by molar-refractivity contribution is 0.361. The molecule has 0 heterocycles. The minimum absolute atomic E-state index is 0.163. The van der Waals surface area contributed by atoms with Crippen LogP contribution in [-0.4, -0.2) is 6.61 Å². The fraction of sp³-hybridized carbons (Fsp3) is 0.385. The van der Waals surface area contributed by atoms with Crippen LogP contribution < -0.4 is 10.5 Å². The summed E-state index contributed by atoms with van der Waals surface area (Å²) in [7, 11) is 0. The van der Waals surface area contributed by atoms with Crippen molar-refractivity contribution >= 4 is 11.6 Å². The first-order valence-corrected chi connectivity index (χ1v) is 6.01. The van der Waals surface area contributed by atoms with Crippen LogP contribution in [0.4, 0.5) is 0 Å². The minimum Gasteiger partial charge on any atom is -0.489 e. The summed E-state index contributed by atoms with van der Waals surface area (Å²) < 4.78 is 5.53. The third kappa shape index (κ3) is 2.57. The maximum Gasteiger partial charge on any atom is 0.120 e. The van der Waals surface area contributed by atoms with Gasteiger partial charge in [0.1, 0.15) is 12.4 Å². The van der Waals surface area contributed by atoms with Crippen LogP contribution in [0.1, 0.15) is 30.0 Å². The number of rotatable bonds is 3. The van der Waals surface area contributed by atoms with Gasteiger partial charge in [-0.15, -0.1) is 0 Å². The van der Waals surface area contributed by atoms with E-state index in [4.69, 9.17) is 22.1 Å². The van der Waals surface area contributed by atoms with Crippen molar-refractivity contribution < 1.29 is 4.74 Å². The van der Waals surface area contributed by atoms with Gasteiger partial charge in [-0.1, -0.05) is 17.7 Å². The van der Waals surface area contributed by atoms with Gasteiger partial charge in [-0.3, -0.25) is 0 Å². The first-order valence-electron chi connectivity index (χ1n) is 5.57. The summed E-state index contributed by atoms with van der Waals surface area (Å²) in [6.45, 7) is 0.498. The molecule has 1 unspecified atom stereocenters. The Morgan fingerprint density at radius 2 is 2.38 bits per heavy atom. The van der Waals surface area contributed by atoms with Crippen LogP contribution in [0.3, 0.4) is 0 Å². The molecule has 0 spiro atoms. The number of hydrogen-bond acceptors (Lipinski definition) is 2. The van der Waals surface area contributed by atoms with E-state index in [1.165, 1.54) is 23.1 Å². The molecule has 0 saturated carbocycles. The van der Waals surface area contributed by atoms with Crippen LogP contribution in [0.2, 0.25) is 0 Å². The first kappa shape index (κ1) is 11.5. The summed E-state index contributed by atoms with van der Waals surface area (Å²) >= 11 is 5.43. The van der Waals surface area contributed by atoms with Crippen molar-refractivity contribution in [1.82, 2.24) is 0 Å². The molecule has 1 aliphatic rings. The summed E-state index contributed by atoms with van der Waals surface area (Å²) in [4.78, 5) is 0. The van der Waals surface area contributed by atoms with Crippen LogP contribution >= 0.6 is 11.6 Å². The molecule has 0 fully saturated rings. The van der Waals surface area contributed by atoms with Crippen molar-refractivity contribution in [2.75, 3.05) is 6.61 Å². The Labute approximate surface area is 101 Å². The van der Waals surface area contributed by atoms with Gasteiger partial charge in [-0.05, 0) is 48.6 Å². The molecule has 3 heteroatoms. The van der Waals surface area contributed by atoms with Crippen molar-refractivity contribution in [3.63, 3.8) is 0 Å². The summed E-state index contributed by atoms with van der Waals surface area (Å²) in [5.41, 5.74) is 10.1. The minimum atomic E-state index is 0.163. The largest absolute Gasteiger partial charge is 0.489 e. The van der Waals surface area contributed by atoms with E-state index >= 15 is 0 Å². The van der Waals surface area contributed by atoms with Gasteiger partial charge in [0, 0.05) is 11.6 Å². The van der Waals surface area contributed by atoms with Gasteiger partial charge in [0.05, 0.1) is 0 Å². The summed E-state index contributed by atoms with van der Waals surface area (Å²) in [5.74, 6) is 0.867. The molecule has 0 aromatic heterocycles. The molecule has 0 aliphatic heterocycles. The zero-order valence-electron chi connectivity index (χ0n) is 9.16. The number of halogens is 1. The molecule has 2 rings (SSSR count). The number of hydrogen-bond donors (Lipinski definition) is 1. The molecule has 0 saturated heterocycles. The molecule has 1 aliphatic carbocycles. The molecular weight excluding hydrogens is 222 g/mol. The molecule has 86 valence electrons. The van der Waals surface area contributed by atoms with Crippen LogP contribution in [0.15, 0.2) is 29.8 Å². The van der Waals surface area contributed by atoms with E-state index in [0.29, 0.717) is 6.61 Å². The third-order valence-corrected chi connectivity index (χ3v) is 3.09. The highest BCUT2D eigenvalue weighted by atomic mass is 35.5. The summed E-state index contributed by atoms with van der Waals surface area (Å²) in [6, 6.07) is 6.34. The summed E-state index contributed by atoms with van der Waals surface area (Å²) in [6.07, 6.45) is 5.15. The fourth-order valence-corrected chi connectivity index (χ4v) is 2.16. The standard InChI is InChI=1S/C13H16ClNO/c14-7-2-8-16-11-6-5-10-3-1-4-13(15)12(10)9-11/h2,5-7,9,13H,1,3-4,8,15H2/b7-2+. The van der Waals surface area contributed by atoms with E-state index < -0.39 is 0 Å². The lowest BCUT2D eigenvalue weighted by Gasteiger charge is -2.22. The van der Waals surface area contributed by atoms with E-state index in [1.807, 2.05) is 6.07 Å². The van der Waals surface area contributed by atoms with Gasteiger partial charge < -0.3 is 10.5 Å². The van der Waals surface area contributed by atoms with Crippen LogP contribution in [0.5, 0.6) is 5.75 Å². The molecule has 0 radical (unpaired) electrons. The summed E-state index contributed by atoms with van der Waals surface area (Å²) in [5, 5.41) is 0. The van der Waals surface area contributed by atoms with Gasteiger partial charge in [-0.2, -0.15) is 0 Å². The molecule has 1 aromatic rings. The van der Waals surface area contributed by atoms with Crippen LogP contribution in [0, 0.1) is 0 Å². The van der Waals surface area contributed by atoms with Gasteiger partial charge in [-0.25, -0.2) is 0 Å². The highest BCUT2D eigenvalue weighted by molar-refractivity contribution is 6.25. The molecule has 1 atom stereocenters. The average molecular weight is 238 g/mol. The van der Waals surface area contributed by atoms with Crippen molar-refractivity contribution in [2.45, 2.75) is 25.3 Å². The van der Waals surface area contributed by atoms with Crippen LogP contribution in [0.25, 0.3) is 0 Å². The second-order valence-corrected chi connectivity index (χ2v) is 4.28. The molecule has 16 heavy (non-hydrogen) atoms. The zero-order chi connectivity index (χ0) is 11.4. The predicted octanol–water partition coefficient (Wildman–Crippen LogP) is 3.15. The number of benzene rings is 1. The number of aryl methyl sites for hydroxylation is 1. The maximum atomic E-state index is 6.08. The normalized spacial score (nSPS) is 19.8. The van der Waals surface area contributed by atoms with Gasteiger partial charge in [0.25, 0.3) is 0 Å². The lowest BCUT2D eigenvalue weighted by Crippen LogP contribution is -2.17. The molecule has 2 N–H and O–H groups in total. The van der Waals surface area contributed by atoms with E-state index in [0.717, 1.165) is 18.6 Å². The molecule has 0 bridgehead atoms. The van der Waals surface area contributed by atoms with E-state index in [2.05, 4.69) is 12.1 Å². The highest BCUT2D eigenvalue weighted by Gasteiger charge is 2.16. The molecular formula is C13H16ClNO. The number of fused-ring (bicyclic) bond motifs is 1. The van der Waals surface area contributed by atoms with Crippen molar-refractivity contribution in [3.8, 4) is 5.75 Å². The van der Waals surface area contributed by atoms with Crippen molar-refractivity contribution in [1.29, 1.82) is 0 Å². The lowest BCUT2D eigenvalue weighted by atomic mass is 9.88. The average Bonchev–Trinajstić information content (AvgIpc) is 2.30. The van der Waals surface area contributed by atoms with Gasteiger partial charge in [0.15, 0.2) is 0 Å². The van der Waals surface area contributed by atoms with Gasteiger partial charge in [0.2, 0.25) is 0 Å². The third-order valence-electron chi connectivity index (χ3n) is 2.91. The number of nitrogens with two attached hydrogens (primary N) is 1. The quantitative estimate of drug-likeness (QED) is 0.877. The molecule has 1 aromatic carbocycles. The zero-order valence-corrected chi connectivity index (χ0v) is 9.91. The Morgan fingerprint density at radius 1 is 1.50 bits per heavy atom. The smallest absolute Gasteiger partial charge is 0.120 e. The monoisotopic (exact) mass is 237 g/mol. The highest BCUT2D eigenvalue weighted by Crippen LogP contribution is 2.30. The Bertz CT molecular complexity index is 390. The Morgan fingerprint density at radius 3 is 3.19 bits per heavy atom. The van der Waals surface area contributed by atoms with Crippen LogP contribution in [-0.2, 0) is 6.42 Å². The SMILES string of the molecule is NC1CCCc2ccc(OC/C=C/Cl)cc21. The molecule has 2 nitrogen and oxygen atoms in total. The Kier molecular flexibility index (Phi) is 3.86. The van der Waals surface area contributed by atoms with E-state index in [1.54, 1.807) is 6.08 Å². The maximum absolute atomic E-state index is 6.08. The molecule has 0 amide bonds. The van der Waals surface area contributed by atoms with Crippen molar-refractivity contribution in [2.24, 2.45) is 5.73 Å². The first-order chi connectivity index (χ1) is 7.81. The predicted molar refractivity (Wildman–Crippen MR) is 66.8 cm³/mol. The topological polar surface area (TPSA) is 35.2 Å². The van der Waals surface area contributed by atoms with E-state index in [-0.39, 0.29) is 6.04 Å². The second-order valence-electron chi connectivity index (χ2n) is 4.03. The van der Waals surface area contributed by atoms with E-state index in [9.17, 15) is 0 Å². The Hall–Kier alpha value is -0.990. The second kappa shape index (κ2) is 5.37. The van der Waals surface area contributed by atoms with Gasteiger partial charge >= 0.3 is 0 Å². The van der Waals surface area contributed by atoms with Crippen molar-refractivity contribution in [3.05, 3.63) is 40.9 Å².